The molecule has 1 heterocycles. The van der Waals surface area contributed by atoms with Crippen molar-refractivity contribution in [2.75, 3.05) is 5.73 Å². The SMILES string of the molecule is CCc1ccc(Cc2nc(N)[nH]c2C)cc1. The first-order valence-corrected chi connectivity index (χ1v) is 5.58. The average molecular weight is 215 g/mol. The predicted octanol–water partition coefficient (Wildman–Crippen LogP) is 2.45. The van der Waals surface area contributed by atoms with Crippen LogP contribution >= 0.6 is 0 Å². The van der Waals surface area contributed by atoms with Gasteiger partial charge in [-0.15, -0.1) is 0 Å². The summed E-state index contributed by atoms with van der Waals surface area (Å²) in [5.74, 6) is 0.498. The van der Waals surface area contributed by atoms with Gasteiger partial charge in [-0.2, -0.15) is 0 Å². The Kier molecular flexibility index (Phi) is 2.95. The number of rotatable bonds is 3. The van der Waals surface area contributed by atoms with Gasteiger partial charge in [-0.25, -0.2) is 4.98 Å². The fraction of sp³-hybridized carbons (Fsp3) is 0.308. The minimum Gasteiger partial charge on any atom is -0.369 e. The summed E-state index contributed by atoms with van der Waals surface area (Å²) >= 11 is 0. The van der Waals surface area contributed by atoms with Crippen LogP contribution in [0.3, 0.4) is 0 Å². The van der Waals surface area contributed by atoms with Crippen LogP contribution < -0.4 is 5.73 Å². The van der Waals surface area contributed by atoms with E-state index in [-0.39, 0.29) is 0 Å². The maximum Gasteiger partial charge on any atom is 0.197 e. The van der Waals surface area contributed by atoms with E-state index in [0.717, 1.165) is 24.2 Å². The number of aryl methyl sites for hydroxylation is 2. The van der Waals surface area contributed by atoms with Crippen molar-refractivity contribution in [2.45, 2.75) is 26.7 Å². The molecule has 0 fully saturated rings. The van der Waals surface area contributed by atoms with Crippen LogP contribution in [0.2, 0.25) is 0 Å². The second kappa shape index (κ2) is 4.39. The molecule has 3 heteroatoms. The van der Waals surface area contributed by atoms with Gasteiger partial charge in [-0.1, -0.05) is 31.2 Å². The number of aromatic nitrogens is 2. The van der Waals surface area contributed by atoms with Crippen LogP contribution in [0.4, 0.5) is 5.95 Å². The van der Waals surface area contributed by atoms with Crippen LogP contribution in [0.25, 0.3) is 0 Å². The highest BCUT2D eigenvalue weighted by Crippen LogP contribution is 2.13. The normalized spacial score (nSPS) is 10.6. The molecule has 2 aromatic rings. The second-order valence-corrected chi connectivity index (χ2v) is 4.04. The van der Waals surface area contributed by atoms with Crippen LogP contribution in [-0.4, -0.2) is 9.97 Å². The Balaban J connectivity index is 2.17. The van der Waals surface area contributed by atoms with Crippen molar-refractivity contribution in [3.8, 4) is 0 Å². The summed E-state index contributed by atoms with van der Waals surface area (Å²) in [7, 11) is 0. The number of hydrogen-bond acceptors (Lipinski definition) is 2. The van der Waals surface area contributed by atoms with E-state index in [2.05, 4.69) is 41.2 Å². The third-order valence-electron chi connectivity index (χ3n) is 2.81. The average Bonchev–Trinajstić information content (AvgIpc) is 2.59. The molecule has 0 saturated carbocycles. The minimum absolute atomic E-state index is 0.498. The summed E-state index contributed by atoms with van der Waals surface area (Å²) in [6.07, 6.45) is 1.91. The molecule has 0 unspecified atom stereocenters. The number of nitrogens with one attached hydrogen (secondary N) is 1. The molecule has 0 amide bonds. The zero-order chi connectivity index (χ0) is 11.5. The molecule has 1 aromatic carbocycles. The van der Waals surface area contributed by atoms with E-state index in [1.54, 1.807) is 0 Å². The number of benzene rings is 1. The lowest BCUT2D eigenvalue weighted by Crippen LogP contribution is -1.92. The van der Waals surface area contributed by atoms with E-state index in [9.17, 15) is 0 Å². The Morgan fingerprint density at radius 2 is 1.81 bits per heavy atom. The molecular formula is C13H17N3. The Hall–Kier alpha value is -1.77. The molecule has 16 heavy (non-hydrogen) atoms. The van der Waals surface area contributed by atoms with E-state index in [0.29, 0.717) is 5.95 Å². The molecule has 0 bridgehead atoms. The van der Waals surface area contributed by atoms with E-state index >= 15 is 0 Å². The van der Waals surface area contributed by atoms with Crippen molar-refractivity contribution < 1.29 is 0 Å². The third-order valence-corrected chi connectivity index (χ3v) is 2.81. The van der Waals surface area contributed by atoms with Gasteiger partial charge in [-0.05, 0) is 24.5 Å². The molecule has 3 N–H and O–H groups in total. The van der Waals surface area contributed by atoms with E-state index in [1.165, 1.54) is 11.1 Å². The molecular weight excluding hydrogens is 198 g/mol. The monoisotopic (exact) mass is 215 g/mol. The minimum atomic E-state index is 0.498. The van der Waals surface area contributed by atoms with Gasteiger partial charge in [0.2, 0.25) is 0 Å². The van der Waals surface area contributed by atoms with Crippen LogP contribution in [0, 0.1) is 6.92 Å². The summed E-state index contributed by atoms with van der Waals surface area (Å²) in [5.41, 5.74) is 10.3. The van der Waals surface area contributed by atoms with E-state index < -0.39 is 0 Å². The number of aromatic amines is 1. The van der Waals surface area contributed by atoms with Gasteiger partial charge in [0.25, 0.3) is 0 Å². The molecule has 0 saturated heterocycles. The molecule has 0 radical (unpaired) electrons. The fourth-order valence-electron chi connectivity index (χ4n) is 1.78. The Labute approximate surface area is 95.7 Å². The molecule has 0 aliphatic rings. The van der Waals surface area contributed by atoms with Gasteiger partial charge in [0.15, 0.2) is 5.95 Å². The molecule has 84 valence electrons. The van der Waals surface area contributed by atoms with Crippen molar-refractivity contribution >= 4 is 5.95 Å². The zero-order valence-corrected chi connectivity index (χ0v) is 9.75. The standard InChI is InChI=1S/C13H17N3/c1-3-10-4-6-11(7-5-10)8-12-9(2)15-13(14)16-12/h4-7H,3,8H2,1-2H3,(H3,14,15,16). The first-order valence-electron chi connectivity index (χ1n) is 5.58. The van der Waals surface area contributed by atoms with E-state index in [1.807, 2.05) is 6.92 Å². The van der Waals surface area contributed by atoms with Crippen molar-refractivity contribution in [1.29, 1.82) is 0 Å². The first-order chi connectivity index (χ1) is 7.69. The van der Waals surface area contributed by atoms with Gasteiger partial charge in [0.05, 0.1) is 5.69 Å². The maximum atomic E-state index is 5.61. The number of nitrogen functional groups attached to an aromatic ring is 1. The molecule has 0 aliphatic heterocycles. The van der Waals surface area contributed by atoms with Gasteiger partial charge < -0.3 is 10.7 Å². The topological polar surface area (TPSA) is 54.7 Å². The maximum absolute atomic E-state index is 5.61. The Morgan fingerprint density at radius 1 is 1.19 bits per heavy atom. The summed E-state index contributed by atoms with van der Waals surface area (Å²) in [6.45, 7) is 4.16. The van der Waals surface area contributed by atoms with Gasteiger partial charge in [0.1, 0.15) is 0 Å². The van der Waals surface area contributed by atoms with Crippen LogP contribution in [0.5, 0.6) is 0 Å². The molecule has 0 spiro atoms. The Morgan fingerprint density at radius 3 is 2.31 bits per heavy atom. The van der Waals surface area contributed by atoms with Crippen LogP contribution in [0.1, 0.15) is 29.4 Å². The molecule has 3 nitrogen and oxygen atoms in total. The summed E-state index contributed by atoms with van der Waals surface area (Å²) in [6, 6.07) is 8.65. The van der Waals surface area contributed by atoms with Crippen molar-refractivity contribution in [3.05, 3.63) is 46.8 Å². The predicted molar refractivity (Wildman–Crippen MR) is 66.4 cm³/mol. The highest BCUT2D eigenvalue weighted by molar-refractivity contribution is 5.31. The zero-order valence-electron chi connectivity index (χ0n) is 9.75. The lowest BCUT2D eigenvalue weighted by Gasteiger charge is -2.01. The fourth-order valence-corrected chi connectivity index (χ4v) is 1.78. The molecule has 1 aromatic heterocycles. The highest BCUT2D eigenvalue weighted by atomic mass is 15.0. The lowest BCUT2D eigenvalue weighted by molar-refractivity contribution is 1.07. The third kappa shape index (κ3) is 2.24. The highest BCUT2D eigenvalue weighted by Gasteiger charge is 2.05. The van der Waals surface area contributed by atoms with Gasteiger partial charge in [0, 0.05) is 12.1 Å². The summed E-state index contributed by atoms with van der Waals surface area (Å²) in [4.78, 5) is 7.29. The molecule has 2 rings (SSSR count). The Bertz CT molecular complexity index is 468. The molecule has 0 aliphatic carbocycles. The quantitative estimate of drug-likeness (QED) is 0.826. The lowest BCUT2D eigenvalue weighted by atomic mass is 10.1. The smallest absolute Gasteiger partial charge is 0.197 e. The summed E-state index contributed by atoms with van der Waals surface area (Å²) in [5, 5.41) is 0. The molecule has 0 atom stereocenters. The summed E-state index contributed by atoms with van der Waals surface area (Å²) < 4.78 is 0. The van der Waals surface area contributed by atoms with Gasteiger partial charge >= 0.3 is 0 Å². The first kappa shape index (κ1) is 10.7. The van der Waals surface area contributed by atoms with E-state index in [4.69, 9.17) is 5.73 Å². The number of nitrogens with two attached hydrogens (primary N) is 1. The second-order valence-electron chi connectivity index (χ2n) is 4.04. The van der Waals surface area contributed by atoms with Crippen molar-refractivity contribution in [2.24, 2.45) is 0 Å². The number of hydrogen-bond donors (Lipinski definition) is 2. The van der Waals surface area contributed by atoms with Crippen molar-refractivity contribution in [1.82, 2.24) is 9.97 Å². The number of H-pyrrole nitrogens is 1. The van der Waals surface area contributed by atoms with Gasteiger partial charge in [-0.3, -0.25) is 0 Å². The largest absolute Gasteiger partial charge is 0.369 e. The number of imidazole rings is 1. The van der Waals surface area contributed by atoms with Crippen LogP contribution in [-0.2, 0) is 12.8 Å². The van der Waals surface area contributed by atoms with Crippen LogP contribution in [0.15, 0.2) is 24.3 Å². The van der Waals surface area contributed by atoms with Crippen molar-refractivity contribution in [3.63, 3.8) is 0 Å². The number of nitrogens with zero attached hydrogens (tertiary/aromatic N) is 1. The number of anilines is 1.